The molecule has 3 aromatic rings. The first-order chi connectivity index (χ1) is 17.3. The summed E-state index contributed by atoms with van der Waals surface area (Å²) in [6.45, 7) is 4.27. The third-order valence-corrected chi connectivity index (χ3v) is 7.69. The van der Waals surface area contributed by atoms with E-state index in [4.69, 9.17) is 4.98 Å². The molecule has 10 heteroatoms. The largest absolute Gasteiger partial charge is 0.396 e. The topological polar surface area (TPSA) is 135 Å². The van der Waals surface area contributed by atoms with Crippen molar-refractivity contribution in [3.63, 3.8) is 0 Å². The molecule has 0 bridgehead atoms. The van der Waals surface area contributed by atoms with Crippen LogP contribution in [-0.4, -0.2) is 62.5 Å². The Morgan fingerprint density at radius 1 is 1.17 bits per heavy atom. The number of hydrogen-bond donors (Lipinski definition) is 7. The molecule has 1 fully saturated rings. The predicted molar refractivity (Wildman–Crippen MR) is 141 cm³/mol. The fourth-order valence-corrected chi connectivity index (χ4v) is 5.68. The summed E-state index contributed by atoms with van der Waals surface area (Å²) in [4.78, 5) is 9.16. The van der Waals surface area contributed by atoms with E-state index in [9.17, 15) is 15.3 Å². The lowest BCUT2D eigenvalue weighted by Gasteiger charge is -2.41. The molecule has 1 aromatic carbocycles. The van der Waals surface area contributed by atoms with Gasteiger partial charge >= 0.3 is 0 Å². The predicted octanol–water partition coefficient (Wildman–Crippen LogP) is 1.85. The van der Waals surface area contributed by atoms with Gasteiger partial charge in [0.1, 0.15) is 16.9 Å². The molecular weight excluding hydrogens is 476 g/mol. The fourth-order valence-electron chi connectivity index (χ4n) is 4.80. The second kappa shape index (κ2) is 10.2. The van der Waals surface area contributed by atoms with Crippen molar-refractivity contribution < 1.29 is 15.3 Å². The summed E-state index contributed by atoms with van der Waals surface area (Å²) in [5.74, 6) is -0.368. The summed E-state index contributed by atoms with van der Waals surface area (Å²) in [5.41, 5.74) is 4.69. The Morgan fingerprint density at radius 2 is 1.97 bits per heavy atom. The zero-order valence-electron chi connectivity index (χ0n) is 20.3. The molecule has 7 N–H and O–H groups in total. The van der Waals surface area contributed by atoms with E-state index in [0.717, 1.165) is 39.0 Å². The zero-order valence-corrected chi connectivity index (χ0v) is 21.1. The van der Waals surface area contributed by atoms with Gasteiger partial charge in [0, 0.05) is 53.2 Å². The van der Waals surface area contributed by atoms with Crippen molar-refractivity contribution >= 4 is 22.6 Å². The van der Waals surface area contributed by atoms with Crippen LogP contribution < -0.4 is 21.3 Å². The molecule has 5 rings (SSSR count). The molecule has 5 atom stereocenters. The van der Waals surface area contributed by atoms with Crippen LogP contribution in [-0.2, 0) is 0 Å². The van der Waals surface area contributed by atoms with Crippen LogP contribution in [0.15, 0.2) is 59.9 Å². The average Bonchev–Trinajstić information content (AvgIpc) is 3.45. The summed E-state index contributed by atoms with van der Waals surface area (Å²) in [5, 5.41) is 47.5. The molecule has 0 saturated heterocycles. The van der Waals surface area contributed by atoms with Gasteiger partial charge in [0.15, 0.2) is 5.79 Å². The van der Waals surface area contributed by atoms with Gasteiger partial charge in [0.2, 0.25) is 0 Å². The number of aryl methyl sites for hydroxylation is 1. The van der Waals surface area contributed by atoms with Crippen molar-refractivity contribution in [1.82, 2.24) is 25.9 Å². The molecule has 2 aliphatic rings. The third-order valence-electron chi connectivity index (χ3n) is 6.78. The maximum absolute atomic E-state index is 10.7. The van der Waals surface area contributed by atoms with E-state index in [1.807, 2.05) is 61.7 Å². The van der Waals surface area contributed by atoms with Gasteiger partial charge < -0.3 is 31.3 Å². The van der Waals surface area contributed by atoms with Crippen LogP contribution >= 0.6 is 11.3 Å². The molecule has 0 radical (unpaired) electrons. The maximum Gasteiger partial charge on any atom is 0.162 e. The number of rotatable bonds is 7. The van der Waals surface area contributed by atoms with Gasteiger partial charge in [-0.15, -0.1) is 11.3 Å². The lowest BCUT2D eigenvalue weighted by molar-refractivity contribution is 0.000374. The molecule has 1 aliphatic heterocycles. The zero-order chi connectivity index (χ0) is 25.3. The molecule has 2 aromatic heterocycles. The molecule has 190 valence electrons. The average molecular weight is 509 g/mol. The molecule has 3 heterocycles. The molecule has 0 amide bonds. The van der Waals surface area contributed by atoms with Gasteiger partial charge in [0.05, 0.1) is 17.8 Å². The number of nitrogens with zero attached hydrogens (tertiary/aromatic N) is 2. The summed E-state index contributed by atoms with van der Waals surface area (Å²) in [7, 11) is 0. The number of hydrogen-bond acceptors (Lipinski definition) is 10. The third kappa shape index (κ3) is 5.09. The fraction of sp³-hybridized carbons (Fsp3) is 0.385. The summed E-state index contributed by atoms with van der Waals surface area (Å²) >= 11 is 1.56. The van der Waals surface area contributed by atoms with Gasteiger partial charge in [-0.25, -0.2) is 4.98 Å². The van der Waals surface area contributed by atoms with Crippen molar-refractivity contribution in [3.05, 3.63) is 70.6 Å². The van der Waals surface area contributed by atoms with Crippen LogP contribution in [0.2, 0.25) is 0 Å². The van der Waals surface area contributed by atoms with Gasteiger partial charge in [-0.2, -0.15) is 0 Å². The smallest absolute Gasteiger partial charge is 0.162 e. The highest BCUT2D eigenvalue weighted by Crippen LogP contribution is 2.32. The van der Waals surface area contributed by atoms with Gasteiger partial charge in [-0.05, 0) is 32.4 Å². The molecule has 1 unspecified atom stereocenters. The Balaban J connectivity index is 1.46. The Morgan fingerprint density at radius 3 is 2.69 bits per heavy atom. The van der Waals surface area contributed by atoms with Crippen LogP contribution in [0.3, 0.4) is 0 Å². The minimum Gasteiger partial charge on any atom is -0.396 e. The Kier molecular flexibility index (Phi) is 6.96. The van der Waals surface area contributed by atoms with Gasteiger partial charge in [-0.1, -0.05) is 30.3 Å². The van der Waals surface area contributed by atoms with Crippen molar-refractivity contribution in [2.45, 2.75) is 44.3 Å². The van der Waals surface area contributed by atoms with Crippen molar-refractivity contribution in [2.75, 3.05) is 18.5 Å². The number of aliphatic hydroxyl groups is 3. The first kappa shape index (κ1) is 24.7. The van der Waals surface area contributed by atoms with E-state index < -0.39 is 24.0 Å². The minimum absolute atomic E-state index is 0.176. The Hall–Kier alpha value is -3.02. The highest BCUT2D eigenvalue weighted by atomic mass is 32.1. The second-order valence-electron chi connectivity index (χ2n) is 9.58. The van der Waals surface area contributed by atoms with E-state index in [1.54, 1.807) is 17.5 Å². The maximum atomic E-state index is 10.7. The minimum atomic E-state index is -0.995. The number of aliphatic hydroxyl groups excluding tert-OH is 3. The standard InChI is InChI=1S/C26H32N6O3S/c1-15-10-18(8-9-27-15)31-26(2)28-12-19(25-30-21(14-36-25)16-6-4-3-5-7-16)24(32-26)29-20-11-17(13-33)22(34)23(20)35/h3-10,14,17,20,22-23,28-29,32-35H,11-13H2,1-2H3,(H,27,31)/t17-,20-,22-,23+,26?/m1/s1. The number of aromatic nitrogens is 2. The second-order valence-corrected chi connectivity index (χ2v) is 10.4. The normalized spacial score (nSPS) is 28.1. The summed E-state index contributed by atoms with van der Waals surface area (Å²) < 4.78 is 0. The molecule has 36 heavy (non-hydrogen) atoms. The molecule has 1 saturated carbocycles. The highest BCUT2D eigenvalue weighted by Gasteiger charge is 2.42. The van der Waals surface area contributed by atoms with E-state index in [-0.39, 0.29) is 12.5 Å². The number of pyridine rings is 1. The van der Waals surface area contributed by atoms with Gasteiger partial charge in [-0.3, -0.25) is 10.3 Å². The SMILES string of the molecule is Cc1cc(NC2(C)NCC(c3nc(-c4ccccc4)cs3)=C(N[C@@H]3C[C@H](CO)[C@@H](O)[C@H]3O)N2)ccn1. The molecule has 9 nitrogen and oxygen atoms in total. The van der Waals surface area contributed by atoms with Crippen LogP contribution in [0.1, 0.15) is 24.0 Å². The highest BCUT2D eigenvalue weighted by molar-refractivity contribution is 7.11. The van der Waals surface area contributed by atoms with E-state index in [1.165, 1.54) is 0 Å². The number of benzene rings is 1. The first-order valence-electron chi connectivity index (χ1n) is 12.1. The Bertz CT molecular complexity index is 1240. The molecule has 1 aliphatic carbocycles. The van der Waals surface area contributed by atoms with E-state index >= 15 is 0 Å². The Labute approximate surface area is 214 Å². The molecular formula is C26H32N6O3S. The van der Waals surface area contributed by atoms with Crippen LogP contribution in [0.4, 0.5) is 5.69 Å². The summed E-state index contributed by atoms with van der Waals surface area (Å²) in [6, 6.07) is 13.5. The van der Waals surface area contributed by atoms with Crippen LogP contribution in [0.25, 0.3) is 16.8 Å². The van der Waals surface area contributed by atoms with Crippen molar-refractivity contribution in [1.29, 1.82) is 0 Å². The lowest BCUT2D eigenvalue weighted by Crippen LogP contribution is -2.65. The first-order valence-corrected chi connectivity index (χ1v) is 13.0. The number of thiazole rings is 1. The molecule has 0 spiro atoms. The monoisotopic (exact) mass is 508 g/mol. The van der Waals surface area contributed by atoms with Crippen molar-refractivity contribution in [2.24, 2.45) is 5.92 Å². The van der Waals surface area contributed by atoms with Crippen LogP contribution in [0.5, 0.6) is 0 Å². The van der Waals surface area contributed by atoms with Crippen molar-refractivity contribution in [3.8, 4) is 11.3 Å². The summed E-state index contributed by atoms with van der Waals surface area (Å²) in [6.07, 6.45) is 0.236. The van der Waals surface area contributed by atoms with E-state index in [0.29, 0.717) is 13.0 Å². The van der Waals surface area contributed by atoms with E-state index in [2.05, 4.69) is 26.3 Å². The van der Waals surface area contributed by atoms with Crippen LogP contribution in [0, 0.1) is 12.8 Å². The van der Waals surface area contributed by atoms with Gasteiger partial charge in [0.25, 0.3) is 0 Å². The lowest BCUT2D eigenvalue weighted by atomic mass is 10.1. The number of anilines is 1. The number of nitrogens with one attached hydrogen (secondary N) is 4. The quantitative estimate of drug-likeness (QED) is 0.255.